The zero-order valence-corrected chi connectivity index (χ0v) is 12.5. The van der Waals surface area contributed by atoms with Crippen LogP contribution in [0.2, 0.25) is 5.02 Å². The van der Waals surface area contributed by atoms with E-state index in [0.717, 1.165) is 16.9 Å². The van der Waals surface area contributed by atoms with Gasteiger partial charge >= 0.3 is 0 Å². The van der Waals surface area contributed by atoms with E-state index in [1.165, 1.54) is 0 Å². The van der Waals surface area contributed by atoms with E-state index in [9.17, 15) is 0 Å². The van der Waals surface area contributed by atoms with Crippen LogP contribution >= 0.6 is 11.6 Å². The lowest BCUT2D eigenvalue weighted by atomic mass is 10.2. The van der Waals surface area contributed by atoms with Gasteiger partial charge in [0.2, 0.25) is 0 Å². The van der Waals surface area contributed by atoms with E-state index < -0.39 is 0 Å². The molecule has 0 bridgehead atoms. The van der Waals surface area contributed by atoms with Gasteiger partial charge in [-0.15, -0.1) is 0 Å². The first-order valence-corrected chi connectivity index (χ1v) is 7.13. The molecule has 3 aromatic rings. The molecule has 108 valence electrons. The van der Waals surface area contributed by atoms with Gasteiger partial charge in [-0.1, -0.05) is 29.8 Å². The average Bonchev–Trinajstić information content (AvgIpc) is 2.90. The number of para-hydroxylation sites is 1. The zero-order chi connectivity index (χ0) is 14.7. The van der Waals surface area contributed by atoms with E-state index in [1.807, 2.05) is 60.2 Å². The molecule has 0 spiro atoms. The first-order chi connectivity index (χ1) is 10.3. The molecular formula is C16H16ClN3O. The summed E-state index contributed by atoms with van der Waals surface area (Å²) >= 11 is 6.23. The summed E-state index contributed by atoms with van der Waals surface area (Å²) in [5.41, 5.74) is 2.82. The molecule has 0 saturated heterocycles. The Hall–Kier alpha value is -2.04. The first-order valence-electron chi connectivity index (χ1n) is 6.75. The fourth-order valence-electron chi connectivity index (χ4n) is 2.25. The molecule has 3 rings (SSSR count). The number of nitrogens with zero attached hydrogens (tertiary/aromatic N) is 2. The largest absolute Gasteiger partial charge is 0.485 e. The molecule has 0 saturated carbocycles. The SMILES string of the molecule is CNCc1cccc(Cl)c1OCc1cn2ccccc2n1. The number of halogens is 1. The Morgan fingerprint density at radius 3 is 2.95 bits per heavy atom. The maximum atomic E-state index is 6.23. The highest BCUT2D eigenvalue weighted by Crippen LogP contribution is 2.29. The molecule has 0 aliphatic heterocycles. The number of fused-ring (bicyclic) bond motifs is 1. The monoisotopic (exact) mass is 301 g/mol. The summed E-state index contributed by atoms with van der Waals surface area (Å²) < 4.78 is 7.86. The summed E-state index contributed by atoms with van der Waals surface area (Å²) in [6.07, 6.45) is 3.93. The molecule has 2 heterocycles. The highest BCUT2D eigenvalue weighted by Gasteiger charge is 2.09. The van der Waals surface area contributed by atoms with Crippen molar-refractivity contribution in [3.05, 3.63) is 65.1 Å². The summed E-state index contributed by atoms with van der Waals surface area (Å²) in [6.45, 7) is 1.10. The number of imidazole rings is 1. The smallest absolute Gasteiger partial charge is 0.142 e. The third-order valence-electron chi connectivity index (χ3n) is 3.19. The topological polar surface area (TPSA) is 38.6 Å². The van der Waals surface area contributed by atoms with Crippen molar-refractivity contribution >= 4 is 17.2 Å². The van der Waals surface area contributed by atoms with Crippen LogP contribution in [0.5, 0.6) is 5.75 Å². The van der Waals surface area contributed by atoms with E-state index >= 15 is 0 Å². The molecule has 4 nitrogen and oxygen atoms in total. The lowest BCUT2D eigenvalue weighted by Crippen LogP contribution is -2.08. The van der Waals surface area contributed by atoms with Crippen LogP contribution in [0.1, 0.15) is 11.3 Å². The minimum atomic E-state index is 0.391. The minimum Gasteiger partial charge on any atom is -0.485 e. The predicted octanol–water partition coefficient (Wildman–Crippen LogP) is 3.29. The summed E-state index contributed by atoms with van der Waals surface area (Å²) in [4.78, 5) is 4.51. The van der Waals surface area contributed by atoms with Crippen molar-refractivity contribution in [1.29, 1.82) is 0 Å². The van der Waals surface area contributed by atoms with Crippen LogP contribution in [-0.2, 0) is 13.2 Å². The minimum absolute atomic E-state index is 0.391. The van der Waals surface area contributed by atoms with Crippen molar-refractivity contribution in [1.82, 2.24) is 14.7 Å². The Morgan fingerprint density at radius 1 is 1.24 bits per heavy atom. The highest BCUT2D eigenvalue weighted by atomic mass is 35.5. The van der Waals surface area contributed by atoms with Crippen molar-refractivity contribution in [2.24, 2.45) is 0 Å². The molecule has 0 radical (unpaired) electrons. The van der Waals surface area contributed by atoms with Gasteiger partial charge in [-0.05, 0) is 25.2 Å². The summed E-state index contributed by atoms with van der Waals surface area (Å²) in [5.74, 6) is 0.713. The molecule has 0 aliphatic rings. The average molecular weight is 302 g/mol. The first kappa shape index (κ1) is 13.9. The molecule has 0 aliphatic carbocycles. The third kappa shape index (κ3) is 3.01. The van der Waals surface area contributed by atoms with Crippen molar-refractivity contribution in [3.63, 3.8) is 0 Å². The van der Waals surface area contributed by atoms with E-state index in [0.29, 0.717) is 23.9 Å². The van der Waals surface area contributed by atoms with Crippen molar-refractivity contribution in [3.8, 4) is 5.75 Å². The van der Waals surface area contributed by atoms with Gasteiger partial charge in [0.25, 0.3) is 0 Å². The summed E-state index contributed by atoms with van der Waals surface area (Å²) in [5, 5.41) is 3.73. The van der Waals surface area contributed by atoms with Crippen molar-refractivity contribution < 1.29 is 4.74 Å². The fraction of sp³-hybridized carbons (Fsp3) is 0.188. The number of pyridine rings is 1. The zero-order valence-electron chi connectivity index (χ0n) is 11.7. The Bertz CT molecular complexity index is 721. The van der Waals surface area contributed by atoms with Gasteiger partial charge < -0.3 is 14.5 Å². The van der Waals surface area contributed by atoms with Gasteiger partial charge in [-0.2, -0.15) is 0 Å². The molecule has 1 aromatic carbocycles. The van der Waals surface area contributed by atoms with Crippen molar-refractivity contribution in [2.75, 3.05) is 7.05 Å². The van der Waals surface area contributed by atoms with Crippen LogP contribution in [0.3, 0.4) is 0 Å². The second-order valence-corrected chi connectivity index (χ2v) is 5.15. The lowest BCUT2D eigenvalue weighted by Gasteiger charge is -2.12. The molecule has 1 N–H and O–H groups in total. The van der Waals surface area contributed by atoms with Gasteiger partial charge in [-0.3, -0.25) is 0 Å². The lowest BCUT2D eigenvalue weighted by molar-refractivity contribution is 0.298. The maximum Gasteiger partial charge on any atom is 0.142 e. The number of aromatic nitrogens is 2. The van der Waals surface area contributed by atoms with Crippen LogP contribution < -0.4 is 10.1 Å². The van der Waals surface area contributed by atoms with E-state index in [1.54, 1.807) is 0 Å². The van der Waals surface area contributed by atoms with Gasteiger partial charge in [0, 0.05) is 24.5 Å². The molecule has 0 fully saturated rings. The van der Waals surface area contributed by atoms with Crippen molar-refractivity contribution in [2.45, 2.75) is 13.2 Å². The third-order valence-corrected chi connectivity index (χ3v) is 3.49. The summed E-state index contributed by atoms with van der Waals surface area (Å²) in [7, 11) is 1.90. The molecule has 5 heteroatoms. The molecule has 0 atom stereocenters. The van der Waals surface area contributed by atoms with E-state index in [4.69, 9.17) is 16.3 Å². The summed E-state index contributed by atoms with van der Waals surface area (Å²) in [6, 6.07) is 11.7. The molecule has 21 heavy (non-hydrogen) atoms. The van der Waals surface area contributed by atoms with Gasteiger partial charge in [0.05, 0.1) is 10.7 Å². The number of rotatable bonds is 5. The normalized spacial score (nSPS) is 11.0. The fourth-order valence-corrected chi connectivity index (χ4v) is 2.50. The van der Waals surface area contributed by atoms with Crippen LogP contribution in [-0.4, -0.2) is 16.4 Å². The van der Waals surface area contributed by atoms with Crippen LogP contribution in [0.25, 0.3) is 5.65 Å². The number of ether oxygens (including phenoxy) is 1. The molecule has 2 aromatic heterocycles. The number of benzene rings is 1. The second-order valence-electron chi connectivity index (χ2n) is 4.75. The van der Waals surface area contributed by atoms with Gasteiger partial charge in [-0.25, -0.2) is 4.98 Å². The Morgan fingerprint density at radius 2 is 2.14 bits per heavy atom. The van der Waals surface area contributed by atoms with Crippen LogP contribution in [0.4, 0.5) is 0 Å². The highest BCUT2D eigenvalue weighted by molar-refractivity contribution is 6.32. The number of nitrogens with one attached hydrogen (secondary N) is 1. The standard InChI is InChI=1S/C16H16ClN3O/c1-18-9-12-5-4-6-14(17)16(12)21-11-13-10-20-8-3-2-7-15(20)19-13/h2-8,10,18H,9,11H2,1H3. The van der Waals surface area contributed by atoms with Gasteiger partial charge in [0.15, 0.2) is 0 Å². The van der Waals surface area contributed by atoms with Crippen LogP contribution in [0.15, 0.2) is 48.8 Å². The number of hydrogen-bond donors (Lipinski definition) is 1. The Labute approximate surface area is 128 Å². The quantitative estimate of drug-likeness (QED) is 0.786. The molecular weight excluding hydrogens is 286 g/mol. The Balaban J connectivity index is 1.81. The molecule has 0 amide bonds. The second kappa shape index (κ2) is 6.16. The van der Waals surface area contributed by atoms with E-state index in [2.05, 4.69) is 10.3 Å². The predicted molar refractivity (Wildman–Crippen MR) is 83.7 cm³/mol. The Kier molecular flexibility index (Phi) is 4.08. The van der Waals surface area contributed by atoms with Crippen LogP contribution in [0, 0.1) is 0 Å². The number of hydrogen-bond acceptors (Lipinski definition) is 3. The molecule has 0 unspecified atom stereocenters. The van der Waals surface area contributed by atoms with Gasteiger partial charge in [0.1, 0.15) is 18.0 Å². The maximum absolute atomic E-state index is 6.23. The van der Waals surface area contributed by atoms with E-state index in [-0.39, 0.29) is 0 Å².